The molecule has 0 aliphatic carbocycles. The normalized spacial score (nSPS) is 12.7. The number of pyridine rings is 1. The molecule has 3 heteroatoms. The molecule has 0 amide bonds. The minimum atomic E-state index is -1.76. The van der Waals surface area contributed by atoms with Crippen LogP contribution in [-0.2, 0) is 0 Å². The molecule has 0 saturated carbocycles. The summed E-state index contributed by atoms with van der Waals surface area (Å²) in [6.45, 7) is 13.3. The molecular formula is C16H23NOSi. The van der Waals surface area contributed by atoms with Crippen molar-refractivity contribution < 1.29 is 4.43 Å². The van der Waals surface area contributed by atoms with Crippen LogP contribution in [0.4, 0.5) is 0 Å². The van der Waals surface area contributed by atoms with Crippen LogP contribution in [0.3, 0.4) is 0 Å². The van der Waals surface area contributed by atoms with Crippen LogP contribution in [0.15, 0.2) is 30.3 Å². The third kappa shape index (κ3) is 2.98. The van der Waals surface area contributed by atoms with E-state index >= 15 is 0 Å². The van der Waals surface area contributed by atoms with Crippen molar-refractivity contribution >= 4 is 19.2 Å². The molecule has 2 aromatic rings. The first-order valence-electron chi connectivity index (χ1n) is 6.75. The van der Waals surface area contributed by atoms with Gasteiger partial charge >= 0.3 is 0 Å². The summed E-state index contributed by atoms with van der Waals surface area (Å²) in [7, 11) is -1.76. The molecule has 1 aromatic carbocycles. The summed E-state index contributed by atoms with van der Waals surface area (Å²) in [5.41, 5.74) is 2.08. The quantitative estimate of drug-likeness (QED) is 0.724. The molecular weight excluding hydrogens is 250 g/mol. The number of nitrogens with zero attached hydrogens (tertiary/aromatic N) is 1. The Bertz CT molecular complexity index is 599. The van der Waals surface area contributed by atoms with E-state index in [0.717, 1.165) is 22.3 Å². The third-order valence-corrected chi connectivity index (χ3v) is 8.34. The van der Waals surface area contributed by atoms with Crippen LogP contribution >= 0.6 is 0 Å². The molecule has 2 nitrogen and oxygen atoms in total. The molecule has 1 aromatic heterocycles. The van der Waals surface area contributed by atoms with Gasteiger partial charge in [0.2, 0.25) is 8.32 Å². The number of hydrogen-bond donors (Lipinski definition) is 0. The first kappa shape index (κ1) is 14.1. The predicted octanol–water partition coefficient (Wildman–Crippen LogP) is 4.93. The topological polar surface area (TPSA) is 22.1 Å². The van der Waals surface area contributed by atoms with Crippen LogP contribution in [-0.4, -0.2) is 13.3 Å². The van der Waals surface area contributed by atoms with Gasteiger partial charge in [0.15, 0.2) is 0 Å². The molecule has 102 valence electrons. The summed E-state index contributed by atoms with van der Waals surface area (Å²) in [4.78, 5) is 4.52. The monoisotopic (exact) mass is 273 g/mol. The lowest BCUT2D eigenvalue weighted by Gasteiger charge is -2.36. The largest absolute Gasteiger partial charge is 0.543 e. The fourth-order valence-electron chi connectivity index (χ4n) is 1.72. The first-order chi connectivity index (χ1) is 8.69. The van der Waals surface area contributed by atoms with E-state index in [-0.39, 0.29) is 5.04 Å². The smallest absolute Gasteiger partial charge is 0.250 e. The van der Waals surface area contributed by atoms with Gasteiger partial charge in [-0.2, -0.15) is 0 Å². The Morgan fingerprint density at radius 3 is 2.37 bits per heavy atom. The van der Waals surface area contributed by atoms with Gasteiger partial charge in [-0.25, -0.2) is 0 Å². The van der Waals surface area contributed by atoms with Crippen LogP contribution in [0, 0.1) is 6.92 Å². The molecule has 0 N–H and O–H groups in total. The molecule has 0 radical (unpaired) electrons. The van der Waals surface area contributed by atoms with Crippen molar-refractivity contribution in [2.75, 3.05) is 0 Å². The van der Waals surface area contributed by atoms with Crippen LogP contribution in [0.25, 0.3) is 10.9 Å². The second kappa shape index (κ2) is 4.64. The van der Waals surface area contributed by atoms with E-state index < -0.39 is 8.32 Å². The second-order valence-corrected chi connectivity index (χ2v) is 11.4. The molecule has 0 saturated heterocycles. The molecule has 0 fully saturated rings. The summed E-state index contributed by atoms with van der Waals surface area (Å²) in [6.07, 6.45) is 0. The van der Waals surface area contributed by atoms with Gasteiger partial charge in [0.1, 0.15) is 5.75 Å². The Labute approximate surface area is 117 Å². The van der Waals surface area contributed by atoms with Gasteiger partial charge in [0.25, 0.3) is 0 Å². The fourth-order valence-corrected chi connectivity index (χ4v) is 2.74. The Hall–Kier alpha value is -1.35. The van der Waals surface area contributed by atoms with Gasteiger partial charge in [-0.3, -0.25) is 4.98 Å². The highest BCUT2D eigenvalue weighted by molar-refractivity contribution is 6.74. The molecule has 0 atom stereocenters. The zero-order valence-corrected chi connectivity index (χ0v) is 13.7. The van der Waals surface area contributed by atoms with Crippen molar-refractivity contribution in [3.05, 3.63) is 36.0 Å². The van der Waals surface area contributed by atoms with Crippen LogP contribution in [0.2, 0.25) is 18.1 Å². The van der Waals surface area contributed by atoms with Crippen molar-refractivity contribution in [3.8, 4) is 5.75 Å². The molecule has 1 heterocycles. The Morgan fingerprint density at radius 1 is 1.05 bits per heavy atom. The molecule has 0 aliphatic heterocycles. The van der Waals surface area contributed by atoms with E-state index in [1.165, 1.54) is 0 Å². The second-order valence-electron chi connectivity index (χ2n) is 6.67. The molecule has 0 aliphatic rings. The van der Waals surface area contributed by atoms with Gasteiger partial charge in [-0.1, -0.05) is 26.8 Å². The number of fused-ring (bicyclic) bond motifs is 1. The zero-order valence-electron chi connectivity index (χ0n) is 12.7. The summed E-state index contributed by atoms with van der Waals surface area (Å²) < 4.78 is 6.32. The maximum Gasteiger partial charge on any atom is 0.250 e. The molecule has 0 spiro atoms. The van der Waals surface area contributed by atoms with E-state index in [2.05, 4.69) is 51.0 Å². The molecule has 19 heavy (non-hydrogen) atoms. The average molecular weight is 273 g/mol. The molecule has 0 bridgehead atoms. The summed E-state index contributed by atoms with van der Waals surface area (Å²) in [6, 6.07) is 10.3. The summed E-state index contributed by atoms with van der Waals surface area (Å²) in [5, 5.41) is 1.36. The van der Waals surface area contributed by atoms with E-state index in [0.29, 0.717) is 0 Å². The Kier molecular flexibility index (Phi) is 3.43. The number of hydrogen-bond acceptors (Lipinski definition) is 2. The Morgan fingerprint density at radius 2 is 1.74 bits per heavy atom. The van der Waals surface area contributed by atoms with Crippen molar-refractivity contribution in [3.63, 3.8) is 0 Å². The number of aromatic nitrogens is 1. The standard InChI is InChI=1S/C16H23NOSi/c1-12-7-8-13-11-14(9-10-15(13)17-12)18-19(5,6)16(2,3)4/h7-11H,1-6H3. The van der Waals surface area contributed by atoms with Crippen molar-refractivity contribution in [1.29, 1.82) is 0 Å². The fraction of sp³-hybridized carbons (Fsp3) is 0.438. The lowest BCUT2D eigenvalue weighted by Crippen LogP contribution is -2.43. The third-order valence-electron chi connectivity index (χ3n) is 3.98. The maximum atomic E-state index is 6.32. The predicted molar refractivity (Wildman–Crippen MR) is 84.3 cm³/mol. The SMILES string of the molecule is Cc1ccc2cc(O[Si](C)(C)C(C)(C)C)ccc2n1. The number of benzene rings is 1. The van der Waals surface area contributed by atoms with Gasteiger partial charge in [-0.05, 0) is 49.3 Å². The van der Waals surface area contributed by atoms with Gasteiger partial charge in [0.05, 0.1) is 5.52 Å². The first-order valence-corrected chi connectivity index (χ1v) is 9.66. The van der Waals surface area contributed by atoms with Crippen LogP contribution in [0.5, 0.6) is 5.75 Å². The highest BCUT2D eigenvalue weighted by Gasteiger charge is 2.38. The van der Waals surface area contributed by atoms with Gasteiger partial charge in [-0.15, -0.1) is 0 Å². The minimum Gasteiger partial charge on any atom is -0.543 e. The lowest BCUT2D eigenvalue weighted by molar-refractivity contribution is 0.493. The van der Waals surface area contributed by atoms with Crippen molar-refractivity contribution in [2.24, 2.45) is 0 Å². The van der Waals surface area contributed by atoms with E-state index in [1.54, 1.807) is 0 Å². The van der Waals surface area contributed by atoms with E-state index in [9.17, 15) is 0 Å². The van der Waals surface area contributed by atoms with Crippen LogP contribution < -0.4 is 4.43 Å². The Balaban J connectivity index is 2.35. The maximum absolute atomic E-state index is 6.32. The van der Waals surface area contributed by atoms with Crippen molar-refractivity contribution in [1.82, 2.24) is 4.98 Å². The molecule has 0 unspecified atom stereocenters. The van der Waals surface area contributed by atoms with Gasteiger partial charge < -0.3 is 4.43 Å². The summed E-state index contributed by atoms with van der Waals surface area (Å²) >= 11 is 0. The van der Waals surface area contributed by atoms with Gasteiger partial charge in [0, 0.05) is 11.1 Å². The highest BCUT2D eigenvalue weighted by Crippen LogP contribution is 2.37. The lowest BCUT2D eigenvalue weighted by atomic mass is 10.2. The van der Waals surface area contributed by atoms with Crippen molar-refractivity contribution in [2.45, 2.75) is 45.8 Å². The van der Waals surface area contributed by atoms with E-state index in [1.807, 2.05) is 25.1 Å². The number of rotatable bonds is 2. The minimum absolute atomic E-state index is 0.216. The zero-order chi connectivity index (χ0) is 14.3. The highest BCUT2D eigenvalue weighted by atomic mass is 28.4. The molecule has 2 rings (SSSR count). The van der Waals surface area contributed by atoms with E-state index in [4.69, 9.17) is 4.43 Å². The van der Waals surface area contributed by atoms with Crippen LogP contribution in [0.1, 0.15) is 26.5 Å². The average Bonchev–Trinajstić information content (AvgIpc) is 2.27. The summed E-state index contributed by atoms with van der Waals surface area (Å²) in [5.74, 6) is 0.963. The number of aryl methyl sites for hydroxylation is 1.